The summed E-state index contributed by atoms with van der Waals surface area (Å²) in [5.74, 6) is 0.776. The van der Waals surface area contributed by atoms with Crippen molar-refractivity contribution in [3.05, 3.63) is 103 Å². The van der Waals surface area contributed by atoms with Crippen molar-refractivity contribution in [2.75, 3.05) is 20.1 Å². The summed E-state index contributed by atoms with van der Waals surface area (Å²) in [4.78, 5) is 10.8. The van der Waals surface area contributed by atoms with Crippen molar-refractivity contribution in [2.24, 2.45) is 0 Å². The van der Waals surface area contributed by atoms with Gasteiger partial charge in [0.05, 0.1) is 28.9 Å². The van der Waals surface area contributed by atoms with Crippen LogP contribution in [-0.2, 0) is 4.79 Å². The van der Waals surface area contributed by atoms with E-state index in [0.29, 0.717) is 27.6 Å². The molecule has 0 unspecified atom stereocenters. The fourth-order valence-electron chi connectivity index (χ4n) is 3.78. The fourth-order valence-corrected chi connectivity index (χ4v) is 4.06. The second-order valence-corrected chi connectivity index (χ2v) is 9.22. The Kier molecular flexibility index (Phi) is 15.2. The van der Waals surface area contributed by atoms with Crippen LogP contribution >= 0.6 is 12.1 Å². The number of likely N-dealkylation sites (tertiary alicyclic amines) is 1. The Balaban J connectivity index is 0.000000532. The largest absolute Gasteiger partial charge is 0.507 e. The number of halogens is 2. The first kappa shape index (κ1) is 33.3. The van der Waals surface area contributed by atoms with Crippen LogP contribution < -0.4 is 5.32 Å². The van der Waals surface area contributed by atoms with Crippen molar-refractivity contribution in [3.63, 3.8) is 0 Å². The third kappa shape index (κ3) is 10.2. The van der Waals surface area contributed by atoms with Crippen LogP contribution in [0.25, 0.3) is 11.4 Å². The molecular weight excluding hydrogens is 518 g/mol. The summed E-state index contributed by atoms with van der Waals surface area (Å²) >= 11 is 0.190. The topological polar surface area (TPSA) is 70.4 Å². The molecule has 0 bridgehead atoms. The van der Waals surface area contributed by atoms with Gasteiger partial charge in [0.1, 0.15) is 24.2 Å². The second-order valence-electron chi connectivity index (χ2n) is 8.63. The number of allylic oxidation sites excluding steroid dienone is 2. The Morgan fingerprint density at radius 2 is 1.69 bits per heavy atom. The highest BCUT2D eigenvalue weighted by Gasteiger charge is 2.20. The number of nitrogens with zero attached hydrogens (tertiary/aromatic N) is 3. The minimum Gasteiger partial charge on any atom is -0.507 e. The highest BCUT2D eigenvalue weighted by atomic mass is 32.2. The molecule has 0 saturated carbocycles. The zero-order chi connectivity index (χ0) is 29.4. The number of nitrogens with one attached hydrogen (secondary N) is 1. The van der Waals surface area contributed by atoms with Crippen molar-refractivity contribution in [1.82, 2.24) is 20.0 Å². The SMILES string of the molecule is C=C.C=C(/C=C(/NC1CCN(C)CC1)n1ncc(SF)c1C)c1ccccc1O.C=O.Cc1ccccc1F. The molecule has 9 heteroatoms. The maximum atomic E-state index is 13.1. The van der Waals surface area contributed by atoms with E-state index in [0.717, 1.165) is 37.4 Å². The number of hydrogen-bond donors (Lipinski definition) is 2. The van der Waals surface area contributed by atoms with Gasteiger partial charge in [0.15, 0.2) is 0 Å². The van der Waals surface area contributed by atoms with Gasteiger partial charge in [-0.25, -0.2) is 9.07 Å². The molecule has 1 fully saturated rings. The molecule has 4 rings (SSSR count). The molecule has 2 aromatic carbocycles. The lowest BCUT2D eigenvalue weighted by atomic mass is 10.0. The Bertz CT molecular complexity index is 1180. The molecule has 210 valence electrons. The number of rotatable bonds is 6. The molecule has 3 aromatic rings. The molecule has 0 aliphatic carbocycles. The fraction of sp³-hybridized carbons (Fsp3) is 0.267. The number of piperidine rings is 1. The molecule has 2 N–H and O–H groups in total. The number of hydrogen-bond acceptors (Lipinski definition) is 6. The van der Waals surface area contributed by atoms with Gasteiger partial charge in [-0.1, -0.05) is 43.0 Å². The molecule has 0 atom stereocenters. The van der Waals surface area contributed by atoms with Gasteiger partial charge in [-0.2, -0.15) is 8.98 Å². The van der Waals surface area contributed by atoms with Crippen LogP contribution in [-0.4, -0.2) is 52.8 Å². The molecule has 0 radical (unpaired) electrons. The molecular formula is C30H38F2N4O2S. The van der Waals surface area contributed by atoms with Gasteiger partial charge >= 0.3 is 0 Å². The molecule has 1 aliphatic heterocycles. The quantitative estimate of drug-likeness (QED) is 0.256. The van der Waals surface area contributed by atoms with E-state index in [4.69, 9.17) is 4.79 Å². The molecule has 39 heavy (non-hydrogen) atoms. The molecule has 1 aliphatic rings. The third-order valence-electron chi connectivity index (χ3n) is 5.98. The van der Waals surface area contributed by atoms with E-state index in [1.165, 1.54) is 12.3 Å². The Morgan fingerprint density at radius 3 is 2.21 bits per heavy atom. The number of phenolic OH excluding ortho intramolecular Hbond substituents is 1. The monoisotopic (exact) mass is 556 g/mol. The van der Waals surface area contributed by atoms with Crippen LogP contribution in [0.5, 0.6) is 5.75 Å². The van der Waals surface area contributed by atoms with Crippen LogP contribution in [0.3, 0.4) is 0 Å². The summed E-state index contributed by atoms with van der Waals surface area (Å²) in [6.45, 7) is 17.7. The average Bonchev–Trinajstić information content (AvgIpc) is 3.34. The smallest absolute Gasteiger partial charge is 0.128 e. The number of benzene rings is 2. The van der Waals surface area contributed by atoms with Gasteiger partial charge in [-0.05, 0) is 76.2 Å². The molecule has 0 spiro atoms. The number of phenols is 1. The van der Waals surface area contributed by atoms with E-state index >= 15 is 0 Å². The van der Waals surface area contributed by atoms with E-state index in [1.54, 1.807) is 35.9 Å². The Labute approximate surface area is 235 Å². The first-order valence-corrected chi connectivity index (χ1v) is 13.0. The maximum absolute atomic E-state index is 13.1. The number of aryl methyl sites for hydroxylation is 1. The summed E-state index contributed by atoms with van der Waals surface area (Å²) in [6, 6.07) is 14.1. The summed E-state index contributed by atoms with van der Waals surface area (Å²) in [5, 5.41) is 18.0. The van der Waals surface area contributed by atoms with Crippen molar-refractivity contribution >= 4 is 30.3 Å². The molecule has 6 nitrogen and oxygen atoms in total. The first-order chi connectivity index (χ1) is 18.8. The number of carbonyl (C=O) groups is 1. The van der Waals surface area contributed by atoms with Crippen LogP contribution in [0.2, 0.25) is 0 Å². The molecule has 2 heterocycles. The van der Waals surface area contributed by atoms with Gasteiger partial charge in [-0.15, -0.1) is 13.2 Å². The summed E-state index contributed by atoms with van der Waals surface area (Å²) in [5.41, 5.74) is 2.74. The maximum Gasteiger partial charge on any atom is 0.128 e. The van der Waals surface area contributed by atoms with Crippen LogP contribution in [0.15, 0.2) is 85.4 Å². The predicted molar refractivity (Wildman–Crippen MR) is 159 cm³/mol. The van der Waals surface area contributed by atoms with Gasteiger partial charge < -0.3 is 20.1 Å². The molecule has 1 saturated heterocycles. The van der Waals surface area contributed by atoms with E-state index in [9.17, 15) is 13.4 Å². The normalized spacial score (nSPS) is 13.5. The number of para-hydroxylation sites is 1. The minimum absolute atomic E-state index is 0.132. The second kappa shape index (κ2) is 17.8. The van der Waals surface area contributed by atoms with Crippen LogP contribution in [0, 0.1) is 19.7 Å². The van der Waals surface area contributed by atoms with Crippen molar-refractivity contribution in [2.45, 2.75) is 37.6 Å². The number of carbonyl (C=O) groups excluding carboxylic acids is 1. The summed E-state index contributed by atoms with van der Waals surface area (Å²) in [6.07, 6.45) is 5.41. The van der Waals surface area contributed by atoms with Crippen LogP contribution in [0.4, 0.5) is 8.28 Å². The van der Waals surface area contributed by atoms with Gasteiger partial charge in [-0.3, -0.25) is 0 Å². The van der Waals surface area contributed by atoms with Crippen molar-refractivity contribution in [1.29, 1.82) is 0 Å². The summed E-state index contributed by atoms with van der Waals surface area (Å²) < 4.78 is 27.1. The van der Waals surface area contributed by atoms with E-state index in [2.05, 4.69) is 42.1 Å². The highest BCUT2D eigenvalue weighted by molar-refractivity contribution is 7.94. The van der Waals surface area contributed by atoms with Crippen molar-refractivity contribution < 1.29 is 18.2 Å². The summed E-state index contributed by atoms with van der Waals surface area (Å²) in [7, 11) is 2.12. The standard InChI is InChI=1S/C20H25FN4OS.C7H7F.C2H4.CH2O/c1-14(17-6-4-5-7-18(17)26)12-20(23-16-8-10-24(3)11-9-16)25-15(2)19(27-21)13-22-25;1-6-4-2-3-5-7(6)8;2*1-2/h4-7,12-13,16,23,26H,1,8-11H2,2-3H3;2-5H,1H3;1-2H2;1H2/b20-12-;;;. The Morgan fingerprint density at radius 1 is 1.10 bits per heavy atom. The minimum atomic E-state index is -0.132. The van der Waals surface area contributed by atoms with Gasteiger partial charge in [0.25, 0.3) is 0 Å². The van der Waals surface area contributed by atoms with Crippen LogP contribution in [0.1, 0.15) is 29.7 Å². The number of aromatic hydroxyl groups is 1. The average molecular weight is 557 g/mol. The predicted octanol–water partition coefficient (Wildman–Crippen LogP) is 6.82. The van der Waals surface area contributed by atoms with E-state index in [-0.39, 0.29) is 23.7 Å². The van der Waals surface area contributed by atoms with Crippen molar-refractivity contribution in [3.8, 4) is 5.75 Å². The van der Waals surface area contributed by atoms with E-state index < -0.39 is 0 Å². The number of aromatic nitrogens is 2. The molecule has 1 aromatic heterocycles. The van der Waals surface area contributed by atoms with E-state index in [1.807, 2.05) is 38.0 Å². The van der Waals surface area contributed by atoms with Gasteiger partial charge in [0, 0.05) is 11.6 Å². The van der Waals surface area contributed by atoms with Gasteiger partial charge in [0.2, 0.25) is 0 Å². The molecule has 0 amide bonds. The Hall–Kier alpha value is -3.69. The highest BCUT2D eigenvalue weighted by Crippen LogP contribution is 2.28. The zero-order valence-corrected chi connectivity index (χ0v) is 23.7. The zero-order valence-electron chi connectivity index (χ0n) is 22.9. The lowest BCUT2D eigenvalue weighted by Gasteiger charge is -2.31. The third-order valence-corrected chi connectivity index (χ3v) is 6.55. The lowest BCUT2D eigenvalue weighted by molar-refractivity contribution is -0.0980. The first-order valence-electron chi connectivity index (χ1n) is 12.3. The lowest BCUT2D eigenvalue weighted by Crippen LogP contribution is -2.41.